The van der Waals surface area contributed by atoms with Gasteiger partial charge in [0.2, 0.25) is 5.95 Å². The number of aromatic nitrogens is 2. The number of carboxylic acids is 1. The summed E-state index contributed by atoms with van der Waals surface area (Å²) in [5, 5.41) is 9.31. The van der Waals surface area contributed by atoms with Crippen molar-refractivity contribution in [3.63, 3.8) is 0 Å². The van der Waals surface area contributed by atoms with Crippen molar-refractivity contribution in [3.05, 3.63) is 10.9 Å². The molecule has 24 heavy (non-hydrogen) atoms. The number of ether oxygens (including phenoxy) is 2. The molecule has 9 heteroatoms. The Kier molecular flexibility index (Phi) is 4.21. The number of anilines is 2. The van der Waals surface area contributed by atoms with Crippen molar-refractivity contribution < 1.29 is 19.4 Å². The number of rotatable bonds is 3. The molecule has 0 atom stereocenters. The number of thiophene rings is 1. The van der Waals surface area contributed by atoms with Gasteiger partial charge in [-0.05, 0) is 6.07 Å². The number of fused-ring (bicyclic) bond motifs is 1. The van der Waals surface area contributed by atoms with Gasteiger partial charge in [0.1, 0.15) is 4.88 Å². The van der Waals surface area contributed by atoms with E-state index in [9.17, 15) is 9.90 Å². The van der Waals surface area contributed by atoms with E-state index in [1.54, 1.807) is 6.07 Å². The predicted molar refractivity (Wildman–Crippen MR) is 90.4 cm³/mol. The van der Waals surface area contributed by atoms with Crippen LogP contribution in [0.2, 0.25) is 0 Å². The monoisotopic (exact) mass is 350 g/mol. The van der Waals surface area contributed by atoms with Crippen molar-refractivity contribution in [1.82, 2.24) is 9.97 Å². The minimum Gasteiger partial charge on any atom is -0.477 e. The van der Waals surface area contributed by atoms with Gasteiger partial charge >= 0.3 is 5.97 Å². The van der Waals surface area contributed by atoms with E-state index in [1.165, 1.54) is 11.3 Å². The van der Waals surface area contributed by atoms with Gasteiger partial charge in [0.15, 0.2) is 5.82 Å². The smallest absolute Gasteiger partial charge is 0.345 e. The average molecular weight is 350 g/mol. The molecule has 0 amide bonds. The van der Waals surface area contributed by atoms with Crippen molar-refractivity contribution in [2.24, 2.45) is 0 Å². The molecule has 2 aliphatic heterocycles. The van der Waals surface area contributed by atoms with Crippen LogP contribution in [0, 0.1) is 0 Å². The van der Waals surface area contributed by atoms with Crippen LogP contribution in [0.3, 0.4) is 0 Å². The summed E-state index contributed by atoms with van der Waals surface area (Å²) in [6.45, 7) is 5.57. The van der Waals surface area contributed by atoms with Gasteiger partial charge in [0, 0.05) is 26.2 Å². The highest BCUT2D eigenvalue weighted by atomic mass is 32.1. The number of morpholine rings is 2. The quantitative estimate of drug-likeness (QED) is 0.879. The molecule has 128 valence electrons. The third-order valence-corrected chi connectivity index (χ3v) is 5.27. The van der Waals surface area contributed by atoms with Crippen LogP contribution in [-0.2, 0) is 9.47 Å². The molecule has 2 aromatic heterocycles. The minimum absolute atomic E-state index is 0.285. The second-order valence-electron chi connectivity index (χ2n) is 5.68. The molecule has 0 bridgehead atoms. The van der Waals surface area contributed by atoms with E-state index in [0.29, 0.717) is 37.9 Å². The van der Waals surface area contributed by atoms with Crippen molar-refractivity contribution in [2.75, 3.05) is 62.4 Å². The van der Waals surface area contributed by atoms with Gasteiger partial charge in [-0.1, -0.05) is 0 Å². The zero-order valence-corrected chi connectivity index (χ0v) is 13.9. The Morgan fingerprint density at radius 2 is 1.67 bits per heavy atom. The van der Waals surface area contributed by atoms with Crippen molar-refractivity contribution in [2.45, 2.75) is 0 Å². The van der Waals surface area contributed by atoms with E-state index in [1.807, 2.05) is 0 Å². The van der Waals surface area contributed by atoms with Crippen molar-refractivity contribution >= 4 is 39.3 Å². The molecule has 0 saturated carbocycles. The van der Waals surface area contributed by atoms with Gasteiger partial charge in [-0.2, -0.15) is 4.98 Å². The van der Waals surface area contributed by atoms with Gasteiger partial charge in [-0.15, -0.1) is 11.3 Å². The predicted octanol–water partition coefficient (Wildman–Crippen LogP) is 1.06. The Morgan fingerprint density at radius 3 is 2.29 bits per heavy atom. The van der Waals surface area contributed by atoms with E-state index in [-0.39, 0.29) is 4.88 Å². The minimum atomic E-state index is -0.932. The number of carboxylic acid groups (broad SMARTS) is 1. The normalized spacial score (nSPS) is 19.0. The largest absolute Gasteiger partial charge is 0.477 e. The van der Waals surface area contributed by atoms with Crippen LogP contribution in [0.15, 0.2) is 6.07 Å². The molecule has 4 rings (SSSR count). The molecule has 4 heterocycles. The summed E-state index contributed by atoms with van der Waals surface area (Å²) < 4.78 is 11.6. The molecule has 0 aromatic carbocycles. The lowest BCUT2D eigenvalue weighted by Gasteiger charge is -2.30. The fourth-order valence-electron chi connectivity index (χ4n) is 2.90. The maximum atomic E-state index is 11.3. The fraction of sp³-hybridized carbons (Fsp3) is 0.533. The maximum absolute atomic E-state index is 11.3. The number of carbonyl (C=O) groups is 1. The second kappa shape index (κ2) is 6.50. The first-order valence-electron chi connectivity index (χ1n) is 7.92. The van der Waals surface area contributed by atoms with Gasteiger partial charge in [-0.3, -0.25) is 0 Å². The molecule has 2 aliphatic rings. The molecule has 0 aliphatic carbocycles. The second-order valence-corrected chi connectivity index (χ2v) is 6.73. The Morgan fingerprint density at radius 1 is 1.04 bits per heavy atom. The molecule has 0 spiro atoms. The molecule has 1 N–H and O–H groups in total. The summed E-state index contributed by atoms with van der Waals surface area (Å²) in [7, 11) is 0. The summed E-state index contributed by atoms with van der Waals surface area (Å²) in [4.78, 5) is 25.2. The molecule has 2 saturated heterocycles. The first-order chi connectivity index (χ1) is 11.7. The zero-order valence-electron chi connectivity index (χ0n) is 13.1. The van der Waals surface area contributed by atoms with Crippen LogP contribution in [0.4, 0.5) is 11.8 Å². The third-order valence-electron chi connectivity index (χ3n) is 4.16. The lowest BCUT2D eigenvalue weighted by atomic mass is 10.3. The standard InChI is InChI=1S/C15H18N4O4S/c20-14(21)11-9-10-12(24-11)13(18-1-5-22-6-2-18)17-15(16-10)19-3-7-23-8-4-19/h9H,1-8H2,(H,20,21). The highest BCUT2D eigenvalue weighted by Gasteiger charge is 2.23. The lowest BCUT2D eigenvalue weighted by Crippen LogP contribution is -2.39. The van der Waals surface area contributed by atoms with Gasteiger partial charge in [-0.25, -0.2) is 9.78 Å². The molecule has 2 fully saturated rings. The highest BCUT2D eigenvalue weighted by molar-refractivity contribution is 7.21. The summed E-state index contributed by atoms with van der Waals surface area (Å²) in [5.41, 5.74) is 0.690. The third kappa shape index (κ3) is 2.90. The number of hydrogen-bond donors (Lipinski definition) is 1. The molecule has 0 unspecified atom stereocenters. The zero-order chi connectivity index (χ0) is 16.5. The van der Waals surface area contributed by atoms with Crippen LogP contribution >= 0.6 is 11.3 Å². The topological polar surface area (TPSA) is 88.0 Å². The number of nitrogens with zero attached hydrogens (tertiary/aromatic N) is 4. The molecule has 8 nitrogen and oxygen atoms in total. The summed E-state index contributed by atoms with van der Waals surface area (Å²) in [5.74, 6) is 0.517. The summed E-state index contributed by atoms with van der Waals surface area (Å²) in [6, 6.07) is 1.64. The fourth-order valence-corrected chi connectivity index (χ4v) is 3.86. The van der Waals surface area contributed by atoms with E-state index in [0.717, 1.165) is 36.7 Å². The Bertz CT molecular complexity index is 753. The van der Waals surface area contributed by atoms with E-state index in [2.05, 4.69) is 14.8 Å². The van der Waals surface area contributed by atoms with Crippen LogP contribution in [0.5, 0.6) is 0 Å². The maximum Gasteiger partial charge on any atom is 0.345 e. The van der Waals surface area contributed by atoms with Crippen LogP contribution in [0.25, 0.3) is 10.2 Å². The van der Waals surface area contributed by atoms with Crippen molar-refractivity contribution in [1.29, 1.82) is 0 Å². The first kappa shape index (κ1) is 15.6. The lowest BCUT2D eigenvalue weighted by molar-refractivity contribution is 0.0702. The van der Waals surface area contributed by atoms with E-state index in [4.69, 9.17) is 14.5 Å². The summed E-state index contributed by atoms with van der Waals surface area (Å²) in [6.07, 6.45) is 0. The van der Waals surface area contributed by atoms with Gasteiger partial charge < -0.3 is 24.4 Å². The van der Waals surface area contributed by atoms with Crippen LogP contribution in [0.1, 0.15) is 9.67 Å². The Labute approximate surface area is 142 Å². The molecule has 0 radical (unpaired) electrons. The Hall–Kier alpha value is -1.97. The van der Waals surface area contributed by atoms with Crippen LogP contribution in [-0.4, -0.2) is 73.7 Å². The van der Waals surface area contributed by atoms with Gasteiger partial charge in [0.25, 0.3) is 0 Å². The molecular formula is C15H18N4O4S. The number of hydrogen-bond acceptors (Lipinski definition) is 8. The van der Waals surface area contributed by atoms with Crippen molar-refractivity contribution in [3.8, 4) is 0 Å². The number of aromatic carboxylic acids is 1. The van der Waals surface area contributed by atoms with E-state index >= 15 is 0 Å². The highest BCUT2D eigenvalue weighted by Crippen LogP contribution is 2.34. The SMILES string of the molecule is O=C(O)c1cc2nc(N3CCOCC3)nc(N3CCOCC3)c2s1. The van der Waals surface area contributed by atoms with Crippen LogP contribution < -0.4 is 9.80 Å². The molecule has 2 aromatic rings. The summed E-state index contributed by atoms with van der Waals surface area (Å²) >= 11 is 1.23. The van der Waals surface area contributed by atoms with Gasteiger partial charge in [0.05, 0.1) is 36.6 Å². The Balaban J connectivity index is 1.80. The van der Waals surface area contributed by atoms with E-state index < -0.39 is 5.97 Å². The average Bonchev–Trinajstić information content (AvgIpc) is 3.07. The molecular weight excluding hydrogens is 332 g/mol. The first-order valence-corrected chi connectivity index (χ1v) is 8.74.